The van der Waals surface area contributed by atoms with Gasteiger partial charge in [0.1, 0.15) is 0 Å². The van der Waals surface area contributed by atoms with Gasteiger partial charge in [-0.15, -0.1) is 0 Å². The monoisotopic (exact) mass is 455 g/mol. The van der Waals surface area contributed by atoms with E-state index in [9.17, 15) is 19.2 Å². The van der Waals surface area contributed by atoms with E-state index in [0.29, 0.717) is 29.5 Å². The van der Waals surface area contributed by atoms with Gasteiger partial charge in [0.25, 0.3) is 0 Å². The largest absolute Gasteiger partial charge is 0.450 e. The number of nitrogens with zero attached hydrogens (tertiary/aromatic N) is 1. The van der Waals surface area contributed by atoms with Gasteiger partial charge in [0, 0.05) is 5.56 Å². The van der Waals surface area contributed by atoms with Gasteiger partial charge in [0.2, 0.25) is 17.6 Å². The molecule has 0 aromatic heterocycles. The Balaban J connectivity index is 1.23. The van der Waals surface area contributed by atoms with Crippen LogP contribution in [0.25, 0.3) is 0 Å². The third-order valence-corrected chi connectivity index (χ3v) is 7.97. The number of hydrogen-bond donors (Lipinski definition) is 0. The summed E-state index contributed by atoms with van der Waals surface area (Å²) in [5.41, 5.74) is 1.07. The molecule has 2 aromatic rings. The first-order valence-electron chi connectivity index (χ1n) is 12.0. The number of benzene rings is 2. The lowest BCUT2D eigenvalue weighted by molar-refractivity contribution is -0.124. The van der Waals surface area contributed by atoms with Crippen LogP contribution in [0.3, 0.4) is 0 Å². The van der Waals surface area contributed by atoms with Crippen LogP contribution in [0.4, 0.5) is 5.69 Å². The van der Waals surface area contributed by atoms with Gasteiger partial charge in [-0.1, -0.05) is 55.5 Å². The summed E-state index contributed by atoms with van der Waals surface area (Å²) < 4.78 is 5.54. The maximum atomic E-state index is 13.4. The number of carbonyl (C=O) groups is 4. The molecule has 1 heterocycles. The Morgan fingerprint density at radius 1 is 0.912 bits per heavy atom. The van der Waals surface area contributed by atoms with Crippen LogP contribution in [0.2, 0.25) is 0 Å². The van der Waals surface area contributed by atoms with Crippen LogP contribution in [0.1, 0.15) is 40.5 Å². The molecular weight excluding hydrogens is 430 g/mol. The Morgan fingerprint density at radius 3 is 2.15 bits per heavy atom. The number of esters is 1. The van der Waals surface area contributed by atoms with Gasteiger partial charge in [0.05, 0.1) is 23.1 Å². The molecule has 1 saturated heterocycles. The van der Waals surface area contributed by atoms with E-state index in [2.05, 4.69) is 12.2 Å². The summed E-state index contributed by atoms with van der Waals surface area (Å²) in [4.78, 5) is 53.7. The molecule has 7 rings (SSSR count). The Hall–Kier alpha value is -3.54. The lowest BCUT2D eigenvalue weighted by Gasteiger charge is -2.37. The number of imide groups is 1. The van der Waals surface area contributed by atoms with Crippen molar-refractivity contribution in [1.82, 2.24) is 0 Å². The van der Waals surface area contributed by atoms with Gasteiger partial charge in [0.15, 0.2) is 6.10 Å². The second kappa shape index (κ2) is 7.76. The Morgan fingerprint density at radius 2 is 1.53 bits per heavy atom. The summed E-state index contributed by atoms with van der Waals surface area (Å²) in [5, 5.41) is 0. The van der Waals surface area contributed by atoms with Gasteiger partial charge < -0.3 is 4.74 Å². The van der Waals surface area contributed by atoms with Crippen LogP contribution < -0.4 is 4.90 Å². The highest BCUT2D eigenvalue weighted by molar-refractivity contribution is 6.23. The molecule has 2 amide bonds. The first kappa shape index (κ1) is 21.0. The molecule has 4 aliphatic carbocycles. The normalized spacial score (nSPS) is 31.1. The van der Waals surface area contributed by atoms with E-state index in [-0.39, 0.29) is 46.8 Å². The SMILES string of the molecule is CC[C@@H](OC(=O)c1cccc(N2C(=O)[C@H]3[C@@H]4C=C[C@H]([C@H]5C[C@H]45)[C@@H]3C2=O)c1)C(=O)c1ccccc1. The summed E-state index contributed by atoms with van der Waals surface area (Å²) in [5.74, 6) is -0.505. The van der Waals surface area contributed by atoms with Crippen molar-refractivity contribution < 1.29 is 23.9 Å². The molecule has 34 heavy (non-hydrogen) atoms. The standard InChI is InChI=1S/C28H25NO5/c1-2-22(25(30)15-7-4-3-5-8-15)34-28(33)16-9-6-10-17(13-16)29-26(31)23-18-11-12-19(21-14-20(18)21)24(23)27(29)32/h3-13,18-24H,2,14H2,1H3/t18-,19-,20-,21-,22-,23+,24+/m1/s1. The Kier molecular flexibility index (Phi) is 4.80. The summed E-state index contributed by atoms with van der Waals surface area (Å²) in [6.45, 7) is 1.78. The third kappa shape index (κ3) is 3.08. The Bertz CT molecular complexity index is 1200. The highest BCUT2D eigenvalue weighted by atomic mass is 16.5. The third-order valence-electron chi connectivity index (χ3n) is 7.97. The average Bonchev–Trinajstić information content (AvgIpc) is 3.65. The number of anilines is 1. The molecule has 0 radical (unpaired) electrons. The fraction of sp³-hybridized carbons (Fsp3) is 0.357. The van der Waals surface area contributed by atoms with Crippen molar-refractivity contribution in [3.8, 4) is 0 Å². The molecule has 7 atom stereocenters. The minimum atomic E-state index is -0.912. The van der Waals surface area contributed by atoms with E-state index in [0.717, 1.165) is 6.42 Å². The van der Waals surface area contributed by atoms with Gasteiger partial charge in [-0.3, -0.25) is 14.4 Å². The molecule has 6 nitrogen and oxygen atoms in total. The predicted octanol–water partition coefficient (Wildman–Crippen LogP) is 4.06. The van der Waals surface area contributed by atoms with Gasteiger partial charge in [-0.25, -0.2) is 9.69 Å². The minimum Gasteiger partial charge on any atom is -0.450 e. The summed E-state index contributed by atoms with van der Waals surface area (Å²) in [6.07, 6.45) is 4.81. The van der Waals surface area contributed by atoms with E-state index >= 15 is 0 Å². The second-order valence-corrected chi connectivity index (χ2v) is 9.75. The fourth-order valence-corrected chi connectivity index (χ4v) is 6.29. The van der Waals surface area contributed by atoms with Gasteiger partial charge in [-0.2, -0.15) is 0 Å². The molecule has 3 fully saturated rings. The average molecular weight is 456 g/mol. The lowest BCUT2D eigenvalue weighted by Crippen LogP contribution is -2.40. The summed E-state index contributed by atoms with van der Waals surface area (Å²) in [6, 6.07) is 15.1. The Labute approximate surface area is 197 Å². The van der Waals surface area contributed by atoms with Crippen LogP contribution in [0, 0.1) is 35.5 Å². The highest BCUT2D eigenvalue weighted by Crippen LogP contribution is 2.65. The minimum absolute atomic E-state index is 0.143. The zero-order valence-electron chi connectivity index (χ0n) is 18.8. The number of rotatable bonds is 6. The van der Waals surface area contributed by atoms with Crippen molar-refractivity contribution in [2.24, 2.45) is 35.5 Å². The molecular formula is C28H25NO5. The zero-order chi connectivity index (χ0) is 23.6. The predicted molar refractivity (Wildman–Crippen MR) is 124 cm³/mol. The smallest absolute Gasteiger partial charge is 0.338 e. The quantitative estimate of drug-likeness (QED) is 0.284. The van der Waals surface area contributed by atoms with Crippen molar-refractivity contribution in [3.63, 3.8) is 0 Å². The van der Waals surface area contributed by atoms with Crippen molar-refractivity contribution >= 4 is 29.3 Å². The summed E-state index contributed by atoms with van der Waals surface area (Å²) >= 11 is 0. The lowest BCUT2D eigenvalue weighted by atomic mass is 9.63. The fourth-order valence-electron chi connectivity index (χ4n) is 6.29. The van der Waals surface area contributed by atoms with Gasteiger partial charge >= 0.3 is 5.97 Å². The molecule has 6 heteroatoms. The zero-order valence-corrected chi connectivity index (χ0v) is 18.8. The van der Waals surface area contributed by atoms with Crippen molar-refractivity contribution in [1.29, 1.82) is 0 Å². The molecule has 0 spiro atoms. The number of ether oxygens (including phenoxy) is 1. The van der Waals surface area contributed by atoms with E-state index in [1.165, 1.54) is 11.0 Å². The highest BCUT2D eigenvalue weighted by Gasteiger charge is 2.67. The molecule has 2 saturated carbocycles. The molecule has 1 aliphatic heterocycles. The number of allylic oxidation sites excluding steroid dienone is 2. The number of ketones is 1. The van der Waals surface area contributed by atoms with E-state index in [4.69, 9.17) is 4.74 Å². The van der Waals surface area contributed by atoms with Crippen LogP contribution >= 0.6 is 0 Å². The first-order valence-corrected chi connectivity index (χ1v) is 12.0. The maximum Gasteiger partial charge on any atom is 0.338 e. The molecule has 0 unspecified atom stereocenters. The van der Waals surface area contributed by atoms with Crippen molar-refractivity contribution in [2.45, 2.75) is 25.9 Å². The molecule has 5 aliphatic rings. The van der Waals surface area contributed by atoms with E-state index < -0.39 is 12.1 Å². The second-order valence-electron chi connectivity index (χ2n) is 9.75. The van der Waals surface area contributed by atoms with Gasteiger partial charge in [-0.05, 0) is 54.7 Å². The summed E-state index contributed by atoms with van der Waals surface area (Å²) in [7, 11) is 0. The molecule has 172 valence electrons. The van der Waals surface area contributed by atoms with Crippen molar-refractivity contribution in [2.75, 3.05) is 4.90 Å². The number of carbonyl (C=O) groups excluding carboxylic acids is 4. The maximum absolute atomic E-state index is 13.4. The van der Waals surface area contributed by atoms with Crippen LogP contribution in [-0.2, 0) is 14.3 Å². The van der Waals surface area contributed by atoms with Crippen LogP contribution in [0.5, 0.6) is 0 Å². The van der Waals surface area contributed by atoms with Crippen LogP contribution in [-0.4, -0.2) is 29.7 Å². The number of amides is 2. The number of hydrogen-bond acceptors (Lipinski definition) is 5. The van der Waals surface area contributed by atoms with Crippen LogP contribution in [0.15, 0.2) is 66.7 Å². The topological polar surface area (TPSA) is 80.8 Å². The van der Waals surface area contributed by atoms with Crippen molar-refractivity contribution in [3.05, 3.63) is 77.9 Å². The molecule has 0 N–H and O–H groups in total. The first-order chi connectivity index (χ1) is 16.5. The molecule has 2 aromatic carbocycles. The van der Waals surface area contributed by atoms with E-state index in [1.807, 2.05) is 6.07 Å². The number of Topliss-reactive ketones (excluding diaryl/α,β-unsaturated/α-hetero) is 1. The van der Waals surface area contributed by atoms with E-state index in [1.54, 1.807) is 49.4 Å². The molecule has 2 bridgehead atoms.